The summed E-state index contributed by atoms with van der Waals surface area (Å²) in [4.78, 5) is 9.07. The van der Waals surface area contributed by atoms with Crippen LogP contribution in [0.2, 0.25) is 0 Å². The Balaban J connectivity index is 1.95. The van der Waals surface area contributed by atoms with E-state index in [0.29, 0.717) is 5.92 Å². The molecule has 0 saturated carbocycles. The molecular weight excluding hydrogens is 222 g/mol. The molecule has 0 radical (unpaired) electrons. The summed E-state index contributed by atoms with van der Waals surface area (Å²) < 4.78 is 0. The second-order valence-corrected chi connectivity index (χ2v) is 5.05. The molecule has 0 atom stereocenters. The van der Waals surface area contributed by atoms with E-state index >= 15 is 0 Å². The first kappa shape index (κ1) is 11.4. The van der Waals surface area contributed by atoms with Crippen LogP contribution in [-0.2, 0) is 13.1 Å². The lowest BCUT2D eigenvalue weighted by Gasteiger charge is -2.07. The topological polar surface area (TPSA) is 37.8 Å². The fraction of sp³-hybridized carbons (Fsp3) is 0.333. The minimum Gasteiger partial charge on any atom is -0.307 e. The SMILES string of the molecule is CC(C)c1ccc(-c2ncc3c(n2)CNC3)cc1. The van der Waals surface area contributed by atoms with E-state index in [9.17, 15) is 0 Å². The van der Waals surface area contributed by atoms with E-state index in [0.717, 1.165) is 30.2 Å². The monoisotopic (exact) mass is 239 g/mol. The number of benzene rings is 1. The predicted molar refractivity (Wildman–Crippen MR) is 72.1 cm³/mol. The van der Waals surface area contributed by atoms with Gasteiger partial charge in [-0.1, -0.05) is 38.1 Å². The van der Waals surface area contributed by atoms with E-state index in [-0.39, 0.29) is 0 Å². The first-order valence-electron chi connectivity index (χ1n) is 6.40. The highest BCUT2D eigenvalue weighted by Crippen LogP contribution is 2.21. The van der Waals surface area contributed by atoms with Crippen molar-refractivity contribution in [3.05, 3.63) is 47.3 Å². The molecule has 92 valence electrons. The predicted octanol–water partition coefficient (Wildman–Crippen LogP) is 2.87. The van der Waals surface area contributed by atoms with Gasteiger partial charge in [-0.25, -0.2) is 9.97 Å². The van der Waals surface area contributed by atoms with Gasteiger partial charge in [0.05, 0.1) is 5.69 Å². The Labute approximate surface area is 107 Å². The molecule has 0 spiro atoms. The molecule has 3 rings (SSSR count). The average Bonchev–Trinajstić information content (AvgIpc) is 2.86. The smallest absolute Gasteiger partial charge is 0.159 e. The molecule has 0 saturated heterocycles. The van der Waals surface area contributed by atoms with Crippen LogP contribution >= 0.6 is 0 Å². The Morgan fingerprint density at radius 2 is 1.89 bits per heavy atom. The van der Waals surface area contributed by atoms with Gasteiger partial charge in [-0.2, -0.15) is 0 Å². The molecule has 2 aromatic rings. The molecule has 0 amide bonds. The minimum absolute atomic E-state index is 0.559. The Hall–Kier alpha value is -1.74. The Kier molecular flexibility index (Phi) is 2.84. The molecule has 1 N–H and O–H groups in total. The van der Waals surface area contributed by atoms with Crippen molar-refractivity contribution in [2.45, 2.75) is 32.9 Å². The molecule has 0 unspecified atom stereocenters. The number of nitrogens with one attached hydrogen (secondary N) is 1. The summed E-state index contributed by atoms with van der Waals surface area (Å²) in [5, 5.41) is 3.29. The standard InChI is InChI=1S/C15H17N3/c1-10(2)11-3-5-12(6-4-11)15-17-8-13-7-16-9-14(13)18-15/h3-6,8,10,16H,7,9H2,1-2H3. The minimum atomic E-state index is 0.559. The number of nitrogens with zero attached hydrogens (tertiary/aromatic N) is 2. The zero-order valence-corrected chi connectivity index (χ0v) is 10.8. The van der Waals surface area contributed by atoms with Crippen molar-refractivity contribution in [2.24, 2.45) is 0 Å². The molecule has 0 fully saturated rings. The van der Waals surface area contributed by atoms with Gasteiger partial charge in [0.25, 0.3) is 0 Å². The van der Waals surface area contributed by atoms with Crippen molar-refractivity contribution < 1.29 is 0 Å². The van der Waals surface area contributed by atoms with E-state index in [2.05, 4.69) is 53.4 Å². The van der Waals surface area contributed by atoms with Crippen LogP contribution in [0.25, 0.3) is 11.4 Å². The lowest BCUT2D eigenvalue weighted by Crippen LogP contribution is -2.00. The van der Waals surface area contributed by atoms with Crippen molar-refractivity contribution in [3.8, 4) is 11.4 Å². The number of hydrogen-bond donors (Lipinski definition) is 1. The summed E-state index contributed by atoms with van der Waals surface area (Å²) in [5.74, 6) is 1.39. The number of fused-ring (bicyclic) bond motifs is 1. The maximum atomic E-state index is 4.62. The van der Waals surface area contributed by atoms with Crippen molar-refractivity contribution in [1.82, 2.24) is 15.3 Å². The fourth-order valence-corrected chi connectivity index (χ4v) is 2.21. The normalized spacial score (nSPS) is 13.9. The molecular formula is C15H17N3. The molecule has 18 heavy (non-hydrogen) atoms. The molecule has 1 aromatic heterocycles. The summed E-state index contributed by atoms with van der Waals surface area (Å²) in [5.41, 5.74) is 4.79. The van der Waals surface area contributed by atoms with E-state index in [4.69, 9.17) is 0 Å². The first-order valence-corrected chi connectivity index (χ1v) is 6.40. The maximum absolute atomic E-state index is 4.62. The van der Waals surface area contributed by atoms with Gasteiger partial charge in [0, 0.05) is 30.4 Å². The summed E-state index contributed by atoms with van der Waals surface area (Å²) in [7, 11) is 0. The number of aromatic nitrogens is 2. The third-order valence-electron chi connectivity index (χ3n) is 3.40. The molecule has 1 aliphatic rings. The first-order chi connectivity index (χ1) is 8.74. The summed E-state index contributed by atoms with van der Waals surface area (Å²) in [6.45, 7) is 6.15. The van der Waals surface area contributed by atoms with Crippen LogP contribution in [0.4, 0.5) is 0 Å². The van der Waals surface area contributed by atoms with Crippen LogP contribution in [0.3, 0.4) is 0 Å². The molecule has 3 nitrogen and oxygen atoms in total. The Morgan fingerprint density at radius 3 is 2.61 bits per heavy atom. The van der Waals surface area contributed by atoms with E-state index in [1.54, 1.807) is 0 Å². The zero-order chi connectivity index (χ0) is 12.5. The summed E-state index contributed by atoms with van der Waals surface area (Å²) in [6, 6.07) is 8.54. The van der Waals surface area contributed by atoms with Gasteiger partial charge < -0.3 is 5.32 Å². The van der Waals surface area contributed by atoms with Crippen LogP contribution in [0.15, 0.2) is 30.5 Å². The molecule has 0 bridgehead atoms. The zero-order valence-electron chi connectivity index (χ0n) is 10.8. The van der Waals surface area contributed by atoms with Crippen molar-refractivity contribution in [3.63, 3.8) is 0 Å². The van der Waals surface area contributed by atoms with Crippen LogP contribution in [-0.4, -0.2) is 9.97 Å². The lowest BCUT2D eigenvalue weighted by atomic mass is 10.0. The van der Waals surface area contributed by atoms with Gasteiger partial charge >= 0.3 is 0 Å². The largest absolute Gasteiger partial charge is 0.307 e. The van der Waals surface area contributed by atoms with Gasteiger partial charge in [0.15, 0.2) is 5.82 Å². The molecule has 1 aliphatic heterocycles. The van der Waals surface area contributed by atoms with Gasteiger partial charge in [-0.3, -0.25) is 0 Å². The van der Waals surface area contributed by atoms with Crippen LogP contribution in [0, 0.1) is 0 Å². The maximum Gasteiger partial charge on any atom is 0.159 e. The Morgan fingerprint density at radius 1 is 1.11 bits per heavy atom. The van der Waals surface area contributed by atoms with Crippen molar-refractivity contribution in [1.29, 1.82) is 0 Å². The molecule has 3 heteroatoms. The van der Waals surface area contributed by atoms with Crippen molar-refractivity contribution in [2.75, 3.05) is 0 Å². The number of rotatable bonds is 2. The molecule has 2 heterocycles. The summed E-state index contributed by atoms with van der Waals surface area (Å²) in [6.07, 6.45) is 1.94. The summed E-state index contributed by atoms with van der Waals surface area (Å²) >= 11 is 0. The van der Waals surface area contributed by atoms with Gasteiger partial charge in [0.2, 0.25) is 0 Å². The van der Waals surface area contributed by atoms with Crippen LogP contribution < -0.4 is 5.32 Å². The lowest BCUT2D eigenvalue weighted by molar-refractivity contribution is 0.758. The second-order valence-electron chi connectivity index (χ2n) is 5.05. The van der Waals surface area contributed by atoms with E-state index < -0.39 is 0 Å². The third-order valence-corrected chi connectivity index (χ3v) is 3.40. The van der Waals surface area contributed by atoms with Gasteiger partial charge in [0.1, 0.15) is 0 Å². The Bertz CT molecular complexity index is 558. The fourth-order valence-electron chi connectivity index (χ4n) is 2.21. The van der Waals surface area contributed by atoms with Gasteiger partial charge in [-0.05, 0) is 11.5 Å². The highest BCUT2D eigenvalue weighted by Gasteiger charge is 2.13. The van der Waals surface area contributed by atoms with Crippen molar-refractivity contribution >= 4 is 0 Å². The third kappa shape index (κ3) is 2.02. The van der Waals surface area contributed by atoms with E-state index in [1.165, 1.54) is 11.1 Å². The van der Waals surface area contributed by atoms with Gasteiger partial charge in [-0.15, -0.1) is 0 Å². The van der Waals surface area contributed by atoms with Crippen LogP contribution in [0.5, 0.6) is 0 Å². The quantitative estimate of drug-likeness (QED) is 0.875. The highest BCUT2D eigenvalue weighted by molar-refractivity contribution is 5.56. The number of hydrogen-bond acceptors (Lipinski definition) is 3. The van der Waals surface area contributed by atoms with E-state index in [1.807, 2.05) is 6.20 Å². The average molecular weight is 239 g/mol. The second kappa shape index (κ2) is 4.50. The molecule has 0 aliphatic carbocycles. The highest BCUT2D eigenvalue weighted by atomic mass is 15.0. The van der Waals surface area contributed by atoms with Crippen LogP contribution in [0.1, 0.15) is 36.6 Å². The molecule has 1 aromatic carbocycles.